The molecule has 1 N–H and O–H groups in total. The average molecular weight is 314 g/mol. The van der Waals surface area contributed by atoms with Crippen LogP contribution in [0.4, 0.5) is 0 Å². The predicted molar refractivity (Wildman–Crippen MR) is 87.0 cm³/mol. The van der Waals surface area contributed by atoms with E-state index < -0.39 is 5.97 Å². The van der Waals surface area contributed by atoms with E-state index in [1.54, 1.807) is 0 Å². The smallest absolute Gasteiger partial charge is 0.306 e. The van der Waals surface area contributed by atoms with Gasteiger partial charge >= 0.3 is 5.97 Å². The Hall–Kier alpha value is -2.14. The van der Waals surface area contributed by atoms with Gasteiger partial charge in [0.05, 0.1) is 11.6 Å². The summed E-state index contributed by atoms with van der Waals surface area (Å²) in [7, 11) is 0. The molecule has 1 saturated heterocycles. The number of hydrogen-bond acceptors (Lipinski definition) is 4. The molecule has 1 aliphatic rings. The van der Waals surface area contributed by atoms with Crippen LogP contribution in [0, 0.1) is 19.8 Å². The fourth-order valence-electron chi connectivity index (χ4n) is 2.94. The topological polar surface area (TPSA) is 66.6 Å². The third-order valence-corrected chi connectivity index (χ3v) is 4.50. The molecular weight excluding hydrogens is 292 g/mol. The molecule has 0 spiro atoms. The number of aliphatic carboxylic acids is 1. The van der Waals surface area contributed by atoms with Crippen molar-refractivity contribution in [2.24, 2.45) is 5.92 Å². The SMILES string of the molecule is Cc1ccc(-c2nc(CN3CCC(C(=O)O)CC3)c(C)o2)cc1. The first-order valence-corrected chi connectivity index (χ1v) is 8.01. The lowest BCUT2D eigenvalue weighted by Gasteiger charge is -2.29. The fraction of sp³-hybridized carbons (Fsp3) is 0.444. The van der Waals surface area contributed by atoms with Crippen LogP contribution in [-0.2, 0) is 11.3 Å². The molecule has 0 bridgehead atoms. The zero-order valence-corrected chi connectivity index (χ0v) is 13.6. The number of piperidine rings is 1. The van der Waals surface area contributed by atoms with Crippen LogP contribution in [0.2, 0.25) is 0 Å². The molecule has 1 fully saturated rings. The Bertz CT molecular complexity index is 683. The fourth-order valence-corrected chi connectivity index (χ4v) is 2.94. The van der Waals surface area contributed by atoms with Gasteiger partial charge in [-0.15, -0.1) is 0 Å². The minimum absolute atomic E-state index is 0.201. The highest BCUT2D eigenvalue weighted by Crippen LogP contribution is 2.24. The lowest BCUT2D eigenvalue weighted by Crippen LogP contribution is -2.36. The van der Waals surface area contributed by atoms with E-state index in [9.17, 15) is 4.79 Å². The van der Waals surface area contributed by atoms with Crippen LogP contribution in [0.25, 0.3) is 11.5 Å². The third kappa shape index (κ3) is 3.62. The number of oxazole rings is 1. The van der Waals surface area contributed by atoms with Crippen LogP contribution in [0.5, 0.6) is 0 Å². The van der Waals surface area contributed by atoms with Gasteiger partial charge < -0.3 is 9.52 Å². The molecule has 3 rings (SSSR count). The Morgan fingerprint density at radius 2 is 1.91 bits per heavy atom. The largest absolute Gasteiger partial charge is 0.481 e. The number of benzene rings is 1. The monoisotopic (exact) mass is 314 g/mol. The first-order chi connectivity index (χ1) is 11.0. The quantitative estimate of drug-likeness (QED) is 0.938. The summed E-state index contributed by atoms with van der Waals surface area (Å²) in [6.45, 7) is 6.29. The number of carboxylic acid groups (broad SMARTS) is 1. The van der Waals surface area contributed by atoms with Gasteiger partial charge in [0.1, 0.15) is 5.76 Å². The molecule has 0 atom stereocenters. The van der Waals surface area contributed by atoms with E-state index in [0.717, 1.165) is 30.1 Å². The van der Waals surface area contributed by atoms with Gasteiger partial charge in [0.2, 0.25) is 5.89 Å². The van der Waals surface area contributed by atoms with E-state index in [1.807, 2.05) is 31.2 Å². The molecule has 0 radical (unpaired) electrons. The number of hydrogen-bond donors (Lipinski definition) is 1. The Labute approximate surface area is 135 Å². The molecule has 1 aliphatic heterocycles. The summed E-state index contributed by atoms with van der Waals surface area (Å²) >= 11 is 0. The van der Waals surface area contributed by atoms with Crippen molar-refractivity contribution in [2.75, 3.05) is 13.1 Å². The van der Waals surface area contributed by atoms with Crippen molar-refractivity contribution in [2.45, 2.75) is 33.2 Å². The summed E-state index contributed by atoms with van der Waals surface area (Å²) < 4.78 is 5.81. The third-order valence-electron chi connectivity index (χ3n) is 4.50. The maximum absolute atomic E-state index is 11.0. The van der Waals surface area contributed by atoms with Crippen molar-refractivity contribution in [3.63, 3.8) is 0 Å². The van der Waals surface area contributed by atoms with E-state index in [4.69, 9.17) is 9.52 Å². The minimum atomic E-state index is -0.677. The van der Waals surface area contributed by atoms with Gasteiger partial charge in [0.15, 0.2) is 0 Å². The zero-order chi connectivity index (χ0) is 16.4. The van der Waals surface area contributed by atoms with E-state index >= 15 is 0 Å². The summed E-state index contributed by atoms with van der Waals surface area (Å²) in [5, 5.41) is 9.06. The van der Waals surface area contributed by atoms with Crippen LogP contribution in [-0.4, -0.2) is 34.0 Å². The Morgan fingerprint density at radius 3 is 2.52 bits per heavy atom. The van der Waals surface area contributed by atoms with Crippen LogP contribution in [0.3, 0.4) is 0 Å². The van der Waals surface area contributed by atoms with Gasteiger partial charge in [-0.05, 0) is 51.9 Å². The molecule has 1 aromatic heterocycles. The normalized spacial score (nSPS) is 16.6. The Morgan fingerprint density at radius 1 is 1.26 bits per heavy atom. The standard InChI is InChI=1S/C18H22N2O3/c1-12-3-5-14(6-4-12)17-19-16(13(2)23-17)11-20-9-7-15(8-10-20)18(21)22/h3-6,15H,7-11H2,1-2H3,(H,21,22). The number of aromatic nitrogens is 1. The van der Waals surface area contributed by atoms with Crippen molar-refractivity contribution in [3.8, 4) is 11.5 Å². The summed E-state index contributed by atoms with van der Waals surface area (Å²) in [6.07, 6.45) is 1.41. The molecule has 122 valence electrons. The van der Waals surface area contributed by atoms with Crippen molar-refractivity contribution in [1.82, 2.24) is 9.88 Å². The summed E-state index contributed by atoms with van der Waals surface area (Å²) in [5.74, 6) is 0.607. The van der Waals surface area contributed by atoms with Crippen molar-refractivity contribution in [3.05, 3.63) is 41.3 Å². The molecule has 23 heavy (non-hydrogen) atoms. The second-order valence-electron chi connectivity index (χ2n) is 6.28. The van der Waals surface area contributed by atoms with Gasteiger partial charge in [0.25, 0.3) is 0 Å². The average Bonchev–Trinajstić information content (AvgIpc) is 2.89. The number of carbonyl (C=O) groups is 1. The number of aryl methyl sites for hydroxylation is 2. The highest BCUT2D eigenvalue weighted by atomic mass is 16.4. The second kappa shape index (κ2) is 6.54. The Balaban J connectivity index is 1.67. The van der Waals surface area contributed by atoms with Crippen molar-refractivity contribution < 1.29 is 14.3 Å². The molecule has 1 aromatic carbocycles. The second-order valence-corrected chi connectivity index (χ2v) is 6.28. The van der Waals surface area contributed by atoms with Gasteiger partial charge in [-0.1, -0.05) is 17.7 Å². The predicted octanol–water partition coefficient (Wildman–Crippen LogP) is 3.26. The number of likely N-dealkylation sites (tertiary alicyclic amines) is 1. The maximum atomic E-state index is 11.0. The first kappa shape index (κ1) is 15.7. The van der Waals surface area contributed by atoms with Crippen LogP contribution in [0.1, 0.15) is 29.9 Å². The summed E-state index contributed by atoms with van der Waals surface area (Å²) in [4.78, 5) is 17.9. The van der Waals surface area contributed by atoms with E-state index in [0.29, 0.717) is 25.3 Å². The van der Waals surface area contributed by atoms with Crippen LogP contribution in [0.15, 0.2) is 28.7 Å². The zero-order valence-electron chi connectivity index (χ0n) is 13.6. The highest BCUT2D eigenvalue weighted by Gasteiger charge is 2.25. The number of nitrogens with zero attached hydrogens (tertiary/aromatic N) is 2. The molecule has 0 saturated carbocycles. The van der Waals surface area contributed by atoms with Gasteiger partial charge in [0, 0.05) is 12.1 Å². The first-order valence-electron chi connectivity index (χ1n) is 8.01. The highest BCUT2D eigenvalue weighted by molar-refractivity contribution is 5.70. The Kier molecular flexibility index (Phi) is 4.48. The summed E-state index contributed by atoms with van der Waals surface area (Å²) in [5.41, 5.74) is 3.13. The van der Waals surface area contributed by atoms with Gasteiger partial charge in [-0.3, -0.25) is 9.69 Å². The number of rotatable bonds is 4. The van der Waals surface area contributed by atoms with Gasteiger partial charge in [-0.2, -0.15) is 0 Å². The molecule has 5 heteroatoms. The molecule has 5 nitrogen and oxygen atoms in total. The van der Waals surface area contributed by atoms with E-state index in [1.165, 1.54) is 5.56 Å². The van der Waals surface area contributed by atoms with Crippen molar-refractivity contribution in [1.29, 1.82) is 0 Å². The van der Waals surface area contributed by atoms with Crippen LogP contribution >= 0.6 is 0 Å². The lowest BCUT2D eigenvalue weighted by molar-refractivity contribution is -0.143. The molecule has 0 aliphatic carbocycles. The van der Waals surface area contributed by atoms with E-state index in [-0.39, 0.29) is 5.92 Å². The summed E-state index contributed by atoms with van der Waals surface area (Å²) in [6, 6.07) is 8.13. The molecular formula is C18H22N2O3. The van der Waals surface area contributed by atoms with Crippen LogP contribution < -0.4 is 0 Å². The molecule has 0 amide bonds. The molecule has 0 unspecified atom stereocenters. The lowest BCUT2D eigenvalue weighted by atomic mass is 9.97. The number of carboxylic acids is 1. The van der Waals surface area contributed by atoms with E-state index in [2.05, 4.69) is 16.8 Å². The van der Waals surface area contributed by atoms with Crippen molar-refractivity contribution >= 4 is 5.97 Å². The molecule has 2 aromatic rings. The minimum Gasteiger partial charge on any atom is -0.481 e. The van der Waals surface area contributed by atoms with Gasteiger partial charge in [-0.25, -0.2) is 4.98 Å². The molecule has 2 heterocycles. The maximum Gasteiger partial charge on any atom is 0.306 e.